The molecule has 0 unspecified atom stereocenters. The van der Waals surface area contributed by atoms with Crippen molar-refractivity contribution in [2.75, 3.05) is 0 Å². The van der Waals surface area contributed by atoms with Gasteiger partial charge in [0.25, 0.3) is 0 Å². The number of aromatic nitrogens is 4. The second-order valence-corrected chi connectivity index (χ2v) is 17.2. The van der Waals surface area contributed by atoms with E-state index in [0.29, 0.717) is 17.5 Å². The fraction of sp³-hybridized carbons (Fsp3) is 0. The monoisotopic (exact) mass is 840 g/mol. The molecule has 3 heterocycles. The molecule has 0 saturated carbocycles. The van der Waals surface area contributed by atoms with E-state index in [4.69, 9.17) is 19.4 Å². The molecule has 66 heavy (non-hydrogen) atoms. The number of furan rings is 1. The zero-order valence-electron chi connectivity index (χ0n) is 35.5. The highest BCUT2D eigenvalue weighted by atomic mass is 16.3. The van der Waals surface area contributed by atoms with E-state index in [2.05, 4.69) is 217 Å². The molecule has 0 radical (unpaired) electrons. The van der Waals surface area contributed by atoms with Crippen molar-refractivity contribution >= 4 is 86.8 Å². The van der Waals surface area contributed by atoms with Crippen LogP contribution in [0.3, 0.4) is 0 Å². The first kappa shape index (κ1) is 36.5. The molecule has 0 N–H and O–H groups in total. The molecule has 5 heteroatoms. The lowest BCUT2D eigenvalue weighted by atomic mass is 10.0. The van der Waals surface area contributed by atoms with Crippen LogP contribution in [0.15, 0.2) is 223 Å². The predicted molar refractivity (Wildman–Crippen MR) is 273 cm³/mol. The third-order valence-corrected chi connectivity index (χ3v) is 13.3. The average molecular weight is 841 g/mol. The van der Waals surface area contributed by atoms with Crippen LogP contribution in [0.2, 0.25) is 0 Å². The summed E-state index contributed by atoms with van der Waals surface area (Å²) in [5.74, 6) is 1.77. The maximum atomic E-state index is 7.11. The Labute approximate surface area is 378 Å². The summed E-state index contributed by atoms with van der Waals surface area (Å²) in [4.78, 5) is 16.1. The molecule has 0 saturated heterocycles. The van der Waals surface area contributed by atoms with Gasteiger partial charge in [0.15, 0.2) is 23.1 Å². The molecule has 0 fully saturated rings. The van der Waals surface area contributed by atoms with Gasteiger partial charge in [-0.2, -0.15) is 0 Å². The van der Waals surface area contributed by atoms with Crippen LogP contribution in [-0.4, -0.2) is 19.5 Å². The number of fused-ring (bicyclic) bond motifs is 12. The summed E-state index contributed by atoms with van der Waals surface area (Å²) in [6.45, 7) is 0. The molecular formula is C61H36N4O. The Kier molecular flexibility index (Phi) is 7.91. The van der Waals surface area contributed by atoms with Gasteiger partial charge in [-0.1, -0.05) is 176 Å². The maximum absolute atomic E-state index is 7.11. The van der Waals surface area contributed by atoms with E-state index in [1.165, 1.54) is 26.9 Å². The van der Waals surface area contributed by atoms with E-state index in [0.717, 1.165) is 93.4 Å². The maximum Gasteiger partial charge on any atom is 0.164 e. The van der Waals surface area contributed by atoms with Gasteiger partial charge in [-0.15, -0.1) is 0 Å². The second kappa shape index (κ2) is 14.3. The Balaban J connectivity index is 1.11. The quantitative estimate of drug-likeness (QED) is 0.173. The summed E-state index contributed by atoms with van der Waals surface area (Å²) < 4.78 is 9.53. The number of benzene rings is 11. The molecule has 5 nitrogen and oxygen atoms in total. The molecule has 0 aliphatic rings. The molecule has 11 aromatic carbocycles. The van der Waals surface area contributed by atoms with Crippen LogP contribution >= 0.6 is 0 Å². The van der Waals surface area contributed by atoms with Crippen molar-refractivity contribution in [1.29, 1.82) is 0 Å². The summed E-state index contributed by atoms with van der Waals surface area (Å²) in [7, 11) is 0. The third kappa shape index (κ3) is 5.70. The number of nitrogens with zero attached hydrogens (tertiary/aromatic N) is 4. The van der Waals surface area contributed by atoms with Gasteiger partial charge >= 0.3 is 0 Å². The predicted octanol–water partition coefficient (Wildman–Crippen LogP) is 16.1. The minimum absolute atomic E-state index is 0.571. The van der Waals surface area contributed by atoms with Gasteiger partial charge in [0.05, 0.1) is 16.7 Å². The molecule has 0 aliphatic carbocycles. The van der Waals surface area contributed by atoms with Gasteiger partial charge < -0.3 is 8.98 Å². The normalized spacial score (nSPS) is 11.9. The van der Waals surface area contributed by atoms with Crippen LogP contribution in [0.5, 0.6) is 0 Å². The van der Waals surface area contributed by atoms with Crippen molar-refractivity contribution in [2.24, 2.45) is 0 Å². The van der Waals surface area contributed by atoms with E-state index in [-0.39, 0.29) is 0 Å². The minimum atomic E-state index is 0.571. The van der Waals surface area contributed by atoms with Gasteiger partial charge in [-0.25, -0.2) is 15.0 Å². The lowest BCUT2D eigenvalue weighted by molar-refractivity contribution is 0.666. The van der Waals surface area contributed by atoms with Gasteiger partial charge in [0.1, 0.15) is 5.58 Å². The van der Waals surface area contributed by atoms with E-state index < -0.39 is 0 Å². The molecule has 306 valence electrons. The SMILES string of the molecule is c1ccc(-c2cccc(-c3nc(-c4ccc5ccccc5c4)nc(-c4cc(-n5c6cc7ccccc7cc6c6ccc7ccccc7c65)c5oc6ccc7ccccc7c6c5c4)n3)c2)cc1. The molecule has 0 aliphatic heterocycles. The topological polar surface area (TPSA) is 56.7 Å². The summed E-state index contributed by atoms with van der Waals surface area (Å²) in [6.07, 6.45) is 0. The Bertz CT molecular complexity index is 4300. The molecule has 0 bridgehead atoms. The standard InChI is InChI=1S/C61H36N4O/c1-2-13-37(14-3-1)42-21-12-22-45(31-42)59-62-60(46-26-25-38-15-4-5-18-41(38)32-46)64-61(63-59)47-34-52-56-48-23-10-8-16-39(48)28-30-55(56)66-58(52)54(36-47)65-53-35-44-20-7-6-19-43(44)33-51(53)50-29-27-40-17-9-11-24-49(40)57(50)65/h1-36H. The molecule has 14 rings (SSSR count). The minimum Gasteiger partial charge on any atom is -0.454 e. The Hall–Kier alpha value is -8.93. The molecule has 14 aromatic rings. The van der Waals surface area contributed by atoms with E-state index in [9.17, 15) is 0 Å². The van der Waals surface area contributed by atoms with Crippen LogP contribution in [0.1, 0.15) is 0 Å². The van der Waals surface area contributed by atoms with E-state index in [1.807, 2.05) is 6.07 Å². The van der Waals surface area contributed by atoms with Crippen molar-refractivity contribution < 1.29 is 4.42 Å². The lowest BCUT2D eigenvalue weighted by Gasteiger charge is -2.14. The van der Waals surface area contributed by atoms with Crippen LogP contribution in [0.25, 0.3) is 138 Å². The van der Waals surface area contributed by atoms with Gasteiger partial charge in [-0.3, -0.25) is 0 Å². The van der Waals surface area contributed by atoms with Crippen LogP contribution in [0.4, 0.5) is 0 Å². The summed E-state index contributed by atoms with van der Waals surface area (Å²) in [5.41, 5.74) is 9.64. The van der Waals surface area contributed by atoms with Gasteiger partial charge in [0.2, 0.25) is 0 Å². The zero-order chi connectivity index (χ0) is 43.3. The first-order valence-corrected chi connectivity index (χ1v) is 22.3. The fourth-order valence-electron chi connectivity index (χ4n) is 10.2. The molecule has 0 amide bonds. The Morgan fingerprint density at radius 3 is 1.68 bits per heavy atom. The van der Waals surface area contributed by atoms with Gasteiger partial charge in [0, 0.05) is 43.6 Å². The Morgan fingerprint density at radius 2 is 0.894 bits per heavy atom. The Morgan fingerprint density at radius 1 is 0.318 bits per heavy atom. The number of hydrogen-bond donors (Lipinski definition) is 0. The van der Waals surface area contributed by atoms with Crippen molar-refractivity contribution in [1.82, 2.24) is 19.5 Å². The summed E-state index contributed by atoms with van der Waals surface area (Å²) in [6, 6.07) is 77.5. The van der Waals surface area contributed by atoms with Crippen LogP contribution < -0.4 is 0 Å². The van der Waals surface area contributed by atoms with Gasteiger partial charge in [-0.05, 0) is 91.3 Å². The van der Waals surface area contributed by atoms with Crippen molar-refractivity contribution in [2.45, 2.75) is 0 Å². The highest BCUT2D eigenvalue weighted by molar-refractivity contribution is 6.24. The fourth-order valence-corrected chi connectivity index (χ4v) is 10.2. The average Bonchev–Trinajstić information content (AvgIpc) is 3.93. The van der Waals surface area contributed by atoms with Crippen molar-refractivity contribution in [3.63, 3.8) is 0 Å². The largest absolute Gasteiger partial charge is 0.454 e. The molecular weight excluding hydrogens is 805 g/mol. The first-order chi connectivity index (χ1) is 32.7. The molecule has 0 atom stereocenters. The molecule has 3 aromatic heterocycles. The summed E-state index contributed by atoms with van der Waals surface area (Å²) in [5, 5.41) is 13.6. The second-order valence-electron chi connectivity index (χ2n) is 17.2. The first-order valence-electron chi connectivity index (χ1n) is 22.3. The number of rotatable bonds is 5. The number of hydrogen-bond acceptors (Lipinski definition) is 4. The van der Waals surface area contributed by atoms with Crippen molar-refractivity contribution in [3.05, 3.63) is 218 Å². The highest BCUT2D eigenvalue weighted by Crippen LogP contribution is 2.45. The van der Waals surface area contributed by atoms with Crippen molar-refractivity contribution in [3.8, 4) is 51.0 Å². The highest BCUT2D eigenvalue weighted by Gasteiger charge is 2.24. The summed E-state index contributed by atoms with van der Waals surface area (Å²) >= 11 is 0. The van der Waals surface area contributed by atoms with E-state index >= 15 is 0 Å². The van der Waals surface area contributed by atoms with E-state index in [1.54, 1.807) is 0 Å². The van der Waals surface area contributed by atoms with Crippen LogP contribution in [0, 0.1) is 0 Å². The lowest BCUT2D eigenvalue weighted by Crippen LogP contribution is -2.02. The van der Waals surface area contributed by atoms with Crippen LogP contribution in [-0.2, 0) is 0 Å². The smallest absolute Gasteiger partial charge is 0.164 e. The third-order valence-electron chi connectivity index (χ3n) is 13.3. The zero-order valence-corrected chi connectivity index (χ0v) is 35.5. The molecule has 0 spiro atoms.